The van der Waals surface area contributed by atoms with Crippen LogP contribution in [0.5, 0.6) is 0 Å². The number of benzene rings is 2. The molecule has 2 atom stereocenters. The lowest BCUT2D eigenvalue weighted by Crippen LogP contribution is -2.37. The molecule has 1 N–H and O–H groups in total. The summed E-state index contributed by atoms with van der Waals surface area (Å²) in [7, 11) is 0. The number of rotatable bonds is 2. The SMILES string of the molecule is O=C1N[C@@H](c2ccc(Cl)cc2)C[C@@H](c2ccccc2)O1. The third-order valence-corrected chi connectivity index (χ3v) is 3.69. The van der Waals surface area contributed by atoms with Crippen LogP contribution in [0, 0.1) is 0 Å². The van der Waals surface area contributed by atoms with E-state index in [0.29, 0.717) is 11.4 Å². The molecule has 4 heteroatoms. The van der Waals surface area contributed by atoms with Gasteiger partial charge < -0.3 is 10.1 Å². The standard InChI is InChI=1S/C16H14ClNO2/c17-13-8-6-11(7-9-13)14-10-15(20-16(19)18-14)12-4-2-1-3-5-12/h1-9,14-15H,10H2,(H,18,19)/t14-,15+/m1/s1. The zero-order valence-corrected chi connectivity index (χ0v) is 11.5. The molecular formula is C16H14ClNO2. The molecule has 0 unspecified atom stereocenters. The summed E-state index contributed by atoms with van der Waals surface area (Å²) in [5.74, 6) is 0. The number of amides is 1. The van der Waals surface area contributed by atoms with Crippen LogP contribution in [0.4, 0.5) is 4.79 Å². The monoisotopic (exact) mass is 287 g/mol. The molecule has 0 radical (unpaired) electrons. The lowest BCUT2D eigenvalue weighted by atomic mass is 9.95. The van der Waals surface area contributed by atoms with Crippen LogP contribution in [0.2, 0.25) is 5.02 Å². The number of ether oxygens (including phenoxy) is 1. The molecule has 1 fully saturated rings. The summed E-state index contributed by atoms with van der Waals surface area (Å²) in [6, 6.07) is 17.3. The summed E-state index contributed by atoms with van der Waals surface area (Å²) >= 11 is 5.89. The Morgan fingerprint density at radius 3 is 2.40 bits per heavy atom. The van der Waals surface area contributed by atoms with Gasteiger partial charge in [0.2, 0.25) is 0 Å². The highest BCUT2D eigenvalue weighted by molar-refractivity contribution is 6.30. The molecular weight excluding hydrogens is 274 g/mol. The zero-order chi connectivity index (χ0) is 13.9. The molecule has 1 aliphatic heterocycles. The fourth-order valence-corrected chi connectivity index (χ4v) is 2.54. The summed E-state index contributed by atoms with van der Waals surface area (Å²) < 4.78 is 5.37. The molecule has 20 heavy (non-hydrogen) atoms. The number of carbonyl (C=O) groups excluding carboxylic acids is 1. The normalized spacial score (nSPS) is 21.9. The van der Waals surface area contributed by atoms with Gasteiger partial charge in [-0.15, -0.1) is 0 Å². The van der Waals surface area contributed by atoms with E-state index in [-0.39, 0.29) is 18.2 Å². The van der Waals surface area contributed by atoms with E-state index >= 15 is 0 Å². The first-order chi connectivity index (χ1) is 9.72. The second-order valence-electron chi connectivity index (χ2n) is 4.79. The Balaban J connectivity index is 1.83. The maximum absolute atomic E-state index is 11.7. The first-order valence-corrected chi connectivity index (χ1v) is 6.88. The van der Waals surface area contributed by atoms with Crippen molar-refractivity contribution in [3.05, 3.63) is 70.7 Å². The lowest BCUT2D eigenvalue weighted by molar-refractivity contribution is 0.0581. The van der Waals surface area contributed by atoms with Crippen LogP contribution in [0.25, 0.3) is 0 Å². The number of nitrogens with one attached hydrogen (secondary N) is 1. The molecule has 0 aliphatic carbocycles. The first kappa shape index (κ1) is 13.0. The molecule has 0 aromatic heterocycles. The van der Waals surface area contributed by atoms with Gasteiger partial charge in [0.25, 0.3) is 0 Å². The molecule has 0 spiro atoms. The molecule has 3 rings (SSSR count). The van der Waals surface area contributed by atoms with Crippen molar-refractivity contribution < 1.29 is 9.53 Å². The molecule has 2 aromatic rings. The third kappa shape index (κ3) is 2.78. The summed E-state index contributed by atoms with van der Waals surface area (Å²) in [4.78, 5) is 11.7. The zero-order valence-electron chi connectivity index (χ0n) is 10.8. The Bertz CT molecular complexity index is 598. The second-order valence-corrected chi connectivity index (χ2v) is 5.23. The maximum atomic E-state index is 11.7. The average Bonchev–Trinajstić information content (AvgIpc) is 2.48. The maximum Gasteiger partial charge on any atom is 0.408 e. The van der Waals surface area contributed by atoms with Crippen LogP contribution in [-0.2, 0) is 4.74 Å². The molecule has 1 heterocycles. The highest BCUT2D eigenvalue weighted by Crippen LogP contribution is 2.33. The van der Waals surface area contributed by atoms with E-state index in [9.17, 15) is 4.79 Å². The fourth-order valence-electron chi connectivity index (χ4n) is 2.41. The van der Waals surface area contributed by atoms with Gasteiger partial charge in [0.15, 0.2) is 0 Å². The van der Waals surface area contributed by atoms with Gasteiger partial charge in [-0.2, -0.15) is 0 Å². The Labute approximate surface area is 122 Å². The van der Waals surface area contributed by atoms with Crippen molar-refractivity contribution in [1.82, 2.24) is 5.32 Å². The largest absolute Gasteiger partial charge is 0.441 e. The minimum atomic E-state index is -0.384. The average molecular weight is 288 g/mol. The molecule has 102 valence electrons. The van der Waals surface area contributed by atoms with Crippen molar-refractivity contribution in [1.29, 1.82) is 0 Å². The fraction of sp³-hybridized carbons (Fsp3) is 0.188. The van der Waals surface area contributed by atoms with Crippen molar-refractivity contribution in [2.24, 2.45) is 0 Å². The van der Waals surface area contributed by atoms with Gasteiger partial charge >= 0.3 is 6.09 Å². The molecule has 2 aromatic carbocycles. The van der Waals surface area contributed by atoms with E-state index in [4.69, 9.17) is 16.3 Å². The van der Waals surface area contributed by atoms with Crippen LogP contribution in [0.15, 0.2) is 54.6 Å². The van der Waals surface area contributed by atoms with Crippen LogP contribution < -0.4 is 5.32 Å². The van der Waals surface area contributed by atoms with Crippen LogP contribution in [0.1, 0.15) is 29.7 Å². The van der Waals surface area contributed by atoms with Crippen molar-refractivity contribution in [2.75, 3.05) is 0 Å². The number of cyclic esters (lactones) is 1. The Hall–Kier alpha value is -2.00. The number of alkyl carbamates (subject to hydrolysis) is 1. The minimum Gasteiger partial charge on any atom is -0.441 e. The molecule has 1 aliphatic rings. The molecule has 1 amide bonds. The quantitative estimate of drug-likeness (QED) is 0.896. The van der Waals surface area contributed by atoms with Crippen LogP contribution >= 0.6 is 11.6 Å². The van der Waals surface area contributed by atoms with E-state index in [2.05, 4.69) is 5.32 Å². The van der Waals surface area contributed by atoms with Crippen molar-refractivity contribution in [3.8, 4) is 0 Å². The van der Waals surface area contributed by atoms with E-state index in [0.717, 1.165) is 11.1 Å². The molecule has 0 bridgehead atoms. The Morgan fingerprint density at radius 1 is 1.00 bits per heavy atom. The van der Waals surface area contributed by atoms with Gasteiger partial charge in [0, 0.05) is 11.4 Å². The van der Waals surface area contributed by atoms with Gasteiger partial charge in [0.05, 0.1) is 6.04 Å². The highest BCUT2D eigenvalue weighted by atomic mass is 35.5. The predicted octanol–water partition coefficient (Wildman–Crippen LogP) is 4.25. The smallest absolute Gasteiger partial charge is 0.408 e. The van der Waals surface area contributed by atoms with Gasteiger partial charge in [0.1, 0.15) is 6.10 Å². The molecule has 3 nitrogen and oxygen atoms in total. The topological polar surface area (TPSA) is 38.3 Å². The van der Waals surface area contributed by atoms with E-state index in [1.807, 2.05) is 54.6 Å². The minimum absolute atomic E-state index is 0.0567. The summed E-state index contributed by atoms with van der Waals surface area (Å²) in [6.45, 7) is 0. The Kier molecular flexibility index (Phi) is 3.61. The highest BCUT2D eigenvalue weighted by Gasteiger charge is 2.29. The third-order valence-electron chi connectivity index (χ3n) is 3.43. The van der Waals surface area contributed by atoms with Crippen molar-refractivity contribution >= 4 is 17.7 Å². The van der Waals surface area contributed by atoms with E-state index in [1.165, 1.54) is 0 Å². The van der Waals surface area contributed by atoms with Crippen LogP contribution in [-0.4, -0.2) is 6.09 Å². The van der Waals surface area contributed by atoms with Gasteiger partial charge in [-0.3, -0.25) is 0 Å². The number of hydrogen-bond acceptors (Lipinski definition) is 2. The predicted molar refractivity (Wildman–Crippen MR) is 77.6 cm³/mol. The summed E-state index contributed by atoms with van der Waals surface area (Å²) in [5, 5.41) is 3.53. The van der Waals surface area contributed by atoms with E-state index < -0.39 is 0 Å². The number of hydrogen-bond donors (Lipinski definition) is 1. The second kappa shape index (κ2) is 5.55. The number of carbonyl (C=O) groups is 1. The molecule has 1 saturated heterocycles. The van der Waals surface area contributed by atoms with E-state index in [1.54, 1.807) is 0 Å². The van der Waals surface area contributed by atoms with Gasteiger partial charge in [-0.25, -0.2) is 4.79 Å². The van der Waals surface area contributed by atoms with Gasteiger partial charge in [-0.05, 0) is 23.3 Å². The Morgan fingerprint density at radius 2 is 1.70 bits per heavy atom. The lowest BCUT2D eigenvalue weighted by Gasteiger charge is -2.30. The van der Waals surface area contributed by atoms with Crippen molar-refractivity contribution in [2.45, 2.75) is 18.6 Å². The number of halogens is 1. The van der Waals surface area contributed by atoms with Crippen LogP contribution in [0.3, 0.4) is 0 Å². The first-order valence-electron chi connectivity index (χ1n) is 6.50. The van der Waals surface area contributed by atoms with Gasteiger partial charge in [-0.1, -0.05) is 54.1 Å². The van der Waals surface area contributed by atoms with Crippen molar-refractivity contribution in [3.63, 3.8) is 0 Å². The molecule has 0 saturated carbocycles. The summed E-state index contributed by atoms with van der Waals surface area (Å²) in [5.41, 5.74) is 2.05. The summed E-state index contributed by atoms with van der Waals surface area (Å²) in [6.07, 6.45) is 0.105.